The van der Waals surface area contributed by atoms with Crippen molar-refractivity contribution in [2.45, 2.75) is 37.5 Å². The van der Waals surface area contributed by atoms with Gasteiger partial charge in [0.2, 0.25) is 0 Å². The molecule has 4 nitrogen and oxygen atoms in total. The van der Waals surface area contributed by atoms with Gasteiger partial charge in [-0.05, 0) is 38.8 Å². The van der Waals surface area contributed by atoms with Crippen molar-refractivity contribution in [1.82, 2.24) is 9.97 Å². The second kappa shape index (κ2) is 10.6. The van der Waals surface area contributed by atoms with E-state index < -0.39 is 0 Å². The summed E-state index contributed by atoms with van der Waals surface area (Å²) in [4.78, 5) is 11.3. The molecule has 4 aromatic rings. The fourth-order valence-electron chi connectivity index (χ4n) is 4.26. The maximum atomic E-state index is 10.2. The zero-order valence-corrected chi connectivity index (χ0v) is 21.2. The fraction of sp³-hybridized carbons (Fsp3) is 0.143. The first-order valence-corrected chi connectivity index (χ1v) is 12.5. The Morgan fingerprint density at radius 2 is 1.41 bits per heavy atom. The van der Waals surface area contributed by atoms with Crippen LogP contribution in [0.2, 0.25) is 0 Å². The van der Waals surface area contributed by atoms with E-state index >= 15 is 0 Å². The minimum atomic E-state index is 0.721. The molecule has 0 aliphatic rings. The molecular formula is C28H26N2O2S2. The molecule has 4 rings (SSSR count). The van der Waals surface area contributed by atoms with Crippen LogP contribution in [-0.2, 0) is 0 Å². The van der Waals surface area contributed by atoms with E-state index in [9.17, 15) is 9.11 Å². The van der Waals surface area contributed by atoms with E-state index in [1.54, 1.807) is 0 Å². The molecule has 2 aromatic heterocycles. The predicted octanol–water partition coefficient (Wildman–Crippen LogP) is 8.73. The third-order valence-electron chi connectivity index (χ3n) is 5.71. The molecule has 0 saturated carbocycles. The molecule has 0 unspecified atom stereocenters. The summed E-state index contributed by atoms with van der Waals surface area (Å²) in [6.07, 6.45) is 10.0. The number of allylic oxidation sites excluding steroid dienone is 6. The van der Waals surface area contributed by atoms with Crippen molar-refractivity contribution in [3.63, 3.8) is 0 Å². The molecule has 6 heteroatoms. The average Bonchev–Trinajstić information content (AvgIpc) is 2.85. The lowest BCUT2D eigenvalue weighted by Gasteiger charge is -2.18. The molecule has 0 aliphatic heterocycles. The van der Waals surface area contributed by atoms with Gasteiger partial charge in [0.1, 0.15) is 0 Å². The molecule has 0 radical (unpaired) electrons. The minimum absolute atomic E-state index is 0.721. The average molecular weight is 487 g/mol. The number of pyridine rings is 2. The molecule has 0 amide bonds. The lowest BCUT2D eigenvalue weighted by Crippen LogP contribution is -2.00. The number of hydrogen-bond donors (Lipinski definition) is 2. The second-order valence-electron chi connectivity index (χ2n) is 7.86. The fourth-order valence-corrected chi connectivity index (χ4v) is 5.25. The van der Waals surface area contributed by atoms with E-state index in [1.165, 1.54) is 0 Å². The van der Waals surface area contributed by atoms with Crippen LogP contribution in [0.3, 0.4) is 0 Å². The van der Waals surface area contributed by atoms with Gasteiger partial charge in [-0.3, -0.25) is 0 Å². The first-order chi connectivity index (χ1) is 16.5. The largest absolute Gasteiger partial charge is 0.325 e. The lowest BCUT2D eigenvalue weighted by molar-refractivity contribution is 0.662. The normalized spacial score (nSPS) is 12.6. The van der Waals surface area contributed by atoms with Crippen LogP contribution in [0.1, 0.15) is 30.8 Å². The van der Waals surface area contributed by atoms with Gasteiger partial charge in [0.05, 0.1) is 32.2 Å². The maximum absolute atomic E-state index is 10.2. The third kappa shape index (κ3) is 4.30. The van der Waals surface area contributed by atoms with Crippen molar-refractivity contribution in [1.29, 1.82) is 0 Å². The number of nitrogens with zero attached hydrogens (tertiary/aromatic N) is 2. The topological polar surface area (TPSA) is 66.2 Å². The van der Waals surface area contributed by atoms with E-state index in [-0.39, 0.29) is 0 Å². The highest BCUT2D eigenvalue weighted by molar-refractivity contribution is 7.94. The lowest BCUT2D eigenvalue weighted by atomic mass is 9.94. The molecule has 0 bridgehead atoms. The molecule has 2 heterocycles. The monoisotopic (exact) mass is 486 g/mol. The van der Waals surface area contributed by atoms with Crippen LogP contribution < -0.4 is 0 Å². The van der Waals surface area contributed by atoms with Crippen molar-refractivity contribution < 1.29 is 9.11 Å². The molecule has 34 heavy (non-hydrogen) atoms. The van der Waals surface area contributed by atoms with Crippen molar-refractivity contribution in [2.24, 2.45) is 0 Å². The minimum Gasteiger partial charge on any atom is -0.325 e. The quantitative estimate of drug-likeness (QED) is 0.161. The summed E-state index contributed by atoms with van der Waals surface area (Å²) < 4.78 is 20.3. The first kappa shape index (κ1) is 24.2. The number of benzene rings is 2. The van der Waals surface area contributed by atoms with Gasteiger partial charge in [-0.15, -0.1) is 0 Å². The summed E-state index contributed by atoms with van der Waals surface area (Å²) in [5, 5.41) is 1.84. The highest BCUT2D eigenvalue weighted by atomic mass is 32.2. The summed E-state index contributed by atoms with van der Waals surface area (Å²) in [5.74, 6) is 0. The maximum Gasteiger partial charge on any atom is 0.0975 e. The molecule has 0 saturated heterocycles. The summed E-state index contributed by atoms with van der Waals surface area (Å²) in [7, 11) is 0. The van der Waals surface area contributed by atoms with Gasteiger partial charge in [-0.25, -0.2) is 9.97 Å². The number of aromatic nitrogens is 2. The van der Waals surface area contributed by atoms with Crippen molar-refractivity contribution in [3.8, 4) is 11.1 Å². The zero-order chi connectivity index (χ0) is 24.2. The molecule has 0 fully saturated rings. The highest BCUT2D eigenvalue weighted by Crippen LogP contribution is 2.42. The van der Waals surface area contributed by atoms with E-state index in [4.69, 9.17) is 9.97 Å². The van der Waals surface area contributed by atoms with Gasteiger partial charge in [-0.2, -0.15) is 0 Å². The van der Waals surface area contributed by atoms with Gasteiger partial charge in [0, 0.05) is 46.0 Å². The van der Waals surface area contributed by atoms with Gasteiger partial charge < -0.3 is 9.11 Å². The summed E-state index contributed by atoms with van der Waals surface area (Å²) in [6.45, 7) is 7.77. The molecular weight excluding hydrogens is 460 g/mol. The van der Waals surface area contributed by atoms with Crippen LogP contribution in [0.4, 0.5) is 0 Å². The molecule has 2 aromatic carbocycles. The predicted molar refractivity (Wildman–Crippen MR) is 147 cm³/mol. The van der Waals surface area contributed by atoms with Crippen LogP contribution in [0, 0.1) is 13.8 Å². The number of fused-ring (bicyclic) bond motifs is 3. The van der Waals surface area contributed by atoms with Crippen LogP contribution >= 0.6 is 24.1 Å². The molecule has 2 N–H and O–H groups in total. The van der Waals surface area contributed by atoms with Crippen LogP contribution in [-0.4, -0.2) is 19.1 Å². The highest BCUT2D eigenvalue weighted by Gasteiger charge is 2.21. The number of hydrogen-bond acceptors (Lipinski definition) is 6. The Bertz CT molecular complexity index is 1460. The SMILES string of the molecule is C\C=C/C=C(\C=C/C)c1c(SO)c(C)nc2c1ccc1c(-c3ccccc3)c(SO)c(C)nc12. The Morgan fingerprint density at radius 3 is 2.03 bits per heavy atom. The van der Waals surface area contributed by atoms with E-state index in [2.05, 4.69) is 0 Å². The van der Waals surface area contributed by atoms with E-state index in [0.717, 1.165) is 89.3 Å². The van der Waals surface area contributed by atoms with Crippen LogP contribution in [0.15, 0.2) is 82.6 Å². The van der Waals surface area contributed by atoms with E-state index in [1.807, 2.05) is 101 Å². The Balaban J connectivity index is 2.19. The van der Waals surface area contributed by atoms with E-state index in [0.29, 0.717) is 0 Å². The first-order valence-electron chi connectivity index (χ1n) is 11.0. The second-order valence-corrected chi connectivity index (χ2v) is 9.04. The zero-order valence-electron chi connectivity index (χ0n) is 19.5. The van der Waals surface area contributed by atoms with Crippen LogP contribution in [0.25, 0.3) is 38.5 Å². The Kier molecular flexibility index (Phi) is 7.54. The van der Waals surface area contributed by atoms with Gasteiger partial charge in [-0.1, -0.05) is 72.8 Å². The third-order valence-corrected chi connectivity index (χ3v) is 7.07. The standard InChI is InChI=1S/C28H26N2O2S2/c1-5-7-12-19(11-6-2)23-21-15-16-22-24(20-13-9-8-10-14-20)28(34-32)18(4)30-26(22)25(21)29-17(3)27(23)33-31/h5-16,31-32H,1-4H3/b7-5-,11-6-,19-12+. The van der Waals surface area contributed by atoms with Crippen LogP contribution in [0.5, 0.6) is 0 Å². The van der Waals surface area contributed by atoms with Crippen molar-refractivity contribution in [3.05, 3.63) is 89.8 Å². The van der Waals surface area contributed by atoms with Gasteiger partial charge in [0.25, 0.3) is 0 Å². The van der Waals surface area contributed by atoms with Crippen molar-refractivity contribution >= 4 is 51.5 Å². The van der Waals surface area contributed by atoms with Gasteiger partial charge in [0.15, 0.2) is 0 Å². The van der Waals surface area contributed by atoms with Crippen molar-refractivity contribution in [2.75, 3.05) is 0 Å². The Hall–Kier alpha value is -2.90. The molecule has 0 atom stereocenters. The molecule has 0 spiro atoms. The molecule has 0 aliphatic carbocycles. The summed E-state index contributed by atoms with van der Waals surface area (Å²) in [6, 6.07) is 14.1. The smallest absolute Gasteiger partial charge is 0.0975 e. The Labute approximate surface area is 208 Å². The summed E-state index contributed by atoms with van der Waals surface area (Å²) >= 11 is 1.45. The number of rotatable bonds is 6. The molecule has 172 valence electrons. The van der Waals surface area contributed by atoms with Gasteiger partial charge >= 0.3 is 0 Å². The number of aryl methyl sites for hydroxylation is 2. The Morgan fingerprint density at radius 1 is 0.794 bits per heavy atom. The summed E-state index contributed by atoms with van der Waals surface area (Å²) in [5.41, 5.74) is 6.88.